The number of carbonyl (C=O) groups excluding carboxylic acids is 1. The first kappa shape index (κ1) is 15.2. The lowest BCUT2D eigenvalue weighted by Gasteiger charge is -2.31. The van der Waals surface area contributed by atoms with E-state index in [9.17, 15) is 18.0 Å². The number of hydrogen-bond donors (Lipinski definition) is 1. The maximum absolute atomic E-state index is 12.7. The van der Waals surface area contributed by atoms with Crippen molar-refractivity contribution in [1.29, 1.82) is 0 Å². The molecule has 0 rings (SSSR count). The van der Waals surface area contributed by atoms with Gasteiger partial charge >= 0.3 is 12.1 Å². The van der Waals surface area contributed by atoms with Gasteiger partial charge < -0.3 is 10.5 Å². The molecule has 0 aromatic rings. The van der Waals surface area contributed by atoms with Gasteiger partial charge in [0.05, 0.1) is 6.61 Å². The molecule has 6 heteroatoms. The molecule has 0 saturated carbocycles. The molecule has 96 valence electrons. The van der Waals surface area contributed by atoms with E-state index in [-0.39, 0.29) is 12.5 Å². The summed E-state index contributed by atoms with van der Waals surface area (Å²) in [6.07, 6.45) is -4.72. The molecule has 0 radical (unpaired) electrons. The van der Waals surface area contributed by atoms with Gasteiger partial charge in [-0.25, -0.2) is 4.79 Å². The predicted molar refractivity (Wildman–Crippen MR) is 53.7 cm³/mol. The second-order valence-corrected chi connectivity index (χ2v) is 3.91. The fourth-order valence-electron chi connectivity index (χ4n) is 1.27. The van der Waals surface area contributed by atoms with E-state index in [0.717, 1.165) is 0 Å². The predicted octanol–water partition coefficient (Wildman–Crippen LogP) is 2.25. The number of hydrogen-bond acceptors (Lipinski definition) is 3. The Balaban J connectivity index is 4.97. The normalized spacial score (nSPS) is 17.7. The highest BCUT2D eigenvalue weighted by atomic mass is 19.4. The minimum atomic E-state index is -4.79. The summed E-state index contributed by atoms with van der Waals surface area (Å²) in [6, 6.07) is 0. The minimum absolute atomic E-state index is 0.117. The Morgan fingerprint density at radius 1 is 1.38 bits per heavy atom. The van der Waals surface area contributed by atoms with Gasteiger partial charge in [-0.3, -0.25) is 0 Å². The van der Waals surface area contributed by atoms with Gasteiger partial charge in [-0.1, -0.05) is 20.3 Å². The van der Waals surface area contributed by atoms with E-state index in [2.05, 4.69) is 4.74 Å². The van der Waals surface area contributed by atoms with Gasteiger partial charge in [0.1, 0.15) is 0 Å². The van der Waals surface area contributed by atoms with Crippen LogP contribution in [0.3, 0.4) is 0 Å². The topological polar surface area (TPSA) is 52.3 Å². The lowest BCUT2D eigenvalue weighted by Crippen LogP contribution is -2.61. The number of alkyl halides is 3. The molecule has 0 aliphatic heterocycles. The summed E-state index contributed by atoms with van der Waals surface area (Å²) in [7, 11) is 0. The summed E-state index contributed by atoms with van der Waals surface area (Å²) < 4.78 is 42.6. The Hall–Kier alpha value is -0.780. The van der Waals surface area contributed by atoms with Crippen molar-refractivity contribution < 1.29 is 22.7 Å². The third-order valence-corrected chi connectivity index (χ3v) is 2.51. The summed E-state index contributed by atoms with van der Waals surface area (Å²) in [5.41, 5.74) is 2.29. The molecule has 0 heterocycles. The van der Waals surface area contributed by atoms with Gasteiger partial charge in [0.15, 0.2) is 0 Å². The quantitative estimate of drug-likeness (QED) is 0.751. The minimum Gasteiger partial charge on any atom is -0.464 e. The molecule has 2 atom stereocenters. The van der Waals surface area contributed by atoms with Crippen LogP contribution >= 0.6 is 0 Å². The van der Waals surface area contributed by atoms with Crippen molar-refractivity contribution in [2.24, 2.45) is 11.7 Å². The van der Waals surface area contributed by atoms with Crippen LogP contribution in [0.15, 0.2) is 0 Å². The Bertz CT molecular complexity index is 243. The Morgan fingerprint density at radius 3 is 2.19 bits per heavy atom. The van der Waals surface area contributed by atoms with E-state index in [4.69, 9.17) is 5.73 Å². The molecule has 0 aromatic carbocycles. The highest BCUT2D eigenvalue weighted by Gasteiger charge is 2.59. The number of nitrogens with two attached hydrogens (primary N) is 1. The second kappa shape index (κ2) is 5.52. The molecule has 0 bridgehead atoms. The van der Waals surface area contributed by atoms with Crippen LogP contribution in [0.25, 0.3) is 0 Å². The van der Waals surface area contributed by atoms with Crippen molar-refractivity contribution in [3.63, 3.8) is 0 Å². The van der Waals surface area contributed by atoms with Crippen molar-refractivity contribution in [3.8, 4) is 0 Å². The van der Waals surface area contributed by atoms with E-state index in [0.29, 0.717) is 6.42 Å². The average molecular weight is 241 g/mol. The molecule has 0 fully saturated rings. The molecule has 0 aromatic heterocycles. The molecule has 0 unspecified atom stereocenters. The van der Waals surface area contributed by atoms with E-state index >= 15 is 0 Å². The summed E-state index contributed by atoms with van der Waals surface area (Å²) in [5, 5.41) is 0. The molecule has 16 heavy (non-hydrogen) atoms. The number of rotatable bonds is 5. The van der Waals surface area contributed by atoms with Crippen molar-refractivity contribution in [2.75, 3.05) is 6.61 Å². The highest BCUT2D eigenvalue weighted by molar-refractivity contribution is 5.81. The number of carbonyl (C=O) groups is 1. The monoisotopic (exact) mass is 241 g/mol. The third kappa shape index (κ3) is 3.37. The van der Waals surface area contributed by atoms with Gasteiger partial charge in [0, 0.05) is 0 Å². The molecule has 0 aliphatic carbocycles. The van der Waals surface area contributed by atoms with E-state index in [1.165, 1.54) is 6.92 Å². The SMILES string of the molecule is CCOC(=O)[C@@](N)(C[C@@H](C)CC)C(F)(F)F. The maximum atomic E-state index is 12.7. The molecule has 3 nitrogen and oxygen atoms in total. The summed E-state index contributed by atoms with van der Waals surface area (Å²) in [4.78, 5) is 11.3. The molecule has 0 saturated heterocycles. The summed E-state index contributed by atoms with van der Waals surface area (Å²) in [6.45, 7) is 4.69. The van der Waals surface area contributed by atoms with E-state index < -0.39 is 24.1 Å². The average Bonchev–Trinajstić information content (AvgIpc) is 2.16. The zero-order chi connectivity index (χ0) is 13.0. The van der Waals surface area contributed by atoms with Gasteiger partial charge in [-0.05, 0) is 19.3 Å². The second-order valence-electron chi connectivity index (χ2n) is 3.91. The number of ether oxygens (including phenoxy) is 1. The van der Waals surface area contributed by atoms with Gasteiger partial charge in [-0.15, -0.1) is 0 Å². The first-order chi connectivity index (χ1) is 7.19. The molecule has 0 amide bonds. The van der Waals surface area contributed by atoms with Crippen LogP contribution in [0.4, 0.5) is 13.2 Å². The van der Waals surface area contributed by atoms with Crippen LogP contribution in [0.1, 0.15) is 33.6 Å². The largest absolute Gasteiger partial charge is 0.464 e. The third-order valence-electron chi connectivity index (χ3n) is 2.51. The highest BCUT2D eigenvalue weighted by Crippen LogP contribution is 2.35. The lowest BCUT2D eigenvalue weighted by molar-refractivity contribution is -0.208. The smallest absolute Gasteiger partial charge is 0.417 e. The molecule has 0 spiro atoms. The van der Waals surface area contributed by atoms with E-state index in [1.807, 2.05) is 0 Å². The summed E-state index contributed by atoms with van der Waals surface area (Å²) >= 11 is 0. The first-order valence-electron chi connectivity index (χ1n) is 5.21. The molecule has 2 N–H and O–H groups in total. The Kier molecular flexibility index (Phi) is 5.25. The van der Waals surface area contributed by atoms with Crippen molar-refractivity contribution in [1.82, 2.24) is 0 Å². The van der Waals surface area contributed by atoms with Crippen LogP contribution in [-0.2, 0) is 9.53 Å². The van der Waals surface area contributed by atoms with Crippen molar-refractivity contribution in [3.05, 3.63) is 0 Å². The van der Waals surface area contributed by atoms with Crippen LogP contribution in [-0.4, -0.2) is 24.3 Å². The maximum Gasteiger partial charge on any atom is 0.417 e. The molecular formula is C10H18F3NO2. The lowest BCUT2D eigenvalue weighted by atomic mass is 9.87. The zero-order valence-corrected chi connectivity index (χ0v) is 9.73. The number of halogens is 3. The van der Waals surface area contributed by atoms with E-state index in [1.54, 1.807) is 13.8 Å². The first-order valence-corrected chi connectivity index (χ1v) is 5.21. The van der Waals surface area contributed by atoms with Crippen LogP contribution in [0.2, 0.25) is 0 Å². The Morgan fingerprint density at radius 2 is 1.88 bits per heavy atom. The standard InChI is InChI=1S/C10H18F3NO2/c1-4-7(3)6-9(14,10(11,12)13)8(15)16-5-2/h7H,4-6,14H2,1-3H3/t7-,9-/m0/s1. The van der Waals surface area contributed by atoms with Crippen molar-refractivity contribution in [2.45, 2.75) is 45.3 Å². The Labute approximate surface area is 93.1 Å². The van der Waals surface area contributed by atoms with Crippen LogP contribution in [0, 0.1) is 5.92 Å². The van der Waals surface area contributed by atoms with Crippen LogP contribution < -0.4 is 5.73 Å². The zero-order valence-electron chi connectivity index (χ0n) is 9.73. The fraction of sp³-hybridized carbons (Fsp3) is 0.900. The number of esters is 1. The van der Waals surface area contributed by atoms with Gasteiger partial charge in [-0.2, -0.15) is 13.2 Å². The molecular weight excluding hydrogens is 223 g/mol. The van der Waals surface area contributed by atoms with Gasteiger partial charge in [0.25, 0.3) is 0 Å². The van der Waals surface area contributed by atoms with Crippen LogP contribution in [0.5, 0.6) is 0 Å². The fourth-order valence-corrected chi connectivity index (χ4v) is 1.27. The summed E-state index contributed by atoms with van der Waals surface area (Å²) in [5.74, 6) is -1.70. The molecule has 0 aliphatic rings. The van der Waals surface area contributed by atoms with Gasteiger partial charge in [0.2, 0.25) is 5.54 Å². The van der Waals surface area contributed by atoms with Crippen molar-refractivity contribution >= 4 is 5.97 Å².